The van der Waals surface area contributed by atoms with Gasteiger partial charge in [-0.3, -0.25) is 0 Å². The van der Waals surface area contributed by atoms with Crippen molar-refractivity contribution >= 4 is 0 Å². The lowest BCUT2D eigenvalue weighted by atomic mass is 9.86. The predicted octanol–water partition coefficient (Wildman–Crippen LogP) is 16.9. The van der Waals surface area contributed by atoms with Crippen LogP contribution in [-0.2, 0) is 40.9 Å². The highest BCUT2D eigenvalue weighted by atomic mass is 14.9. The van der Waals surface area contributed by atoms with Gasteiger partial charge in [0.2, 0.25) is 22.8 Å². The lowest BCUT2D eigenvalue weighted by molar-refractivity contribution is -0.661. The summed E-state index contributed by atoms with van der Waals surface area (Å²) in [5.74, 6) is -2.14. The van der Waals surface area contributed by atoms with Gasteiger partial charge in [0.1, 0.15) is 28.2 Å². The smallest absolute Gasteiger partial charge is 0.201 e. The summed E-state index contributed by atoms with van der Waals surface area (Å²) in [4.78, 5) is 0. The maximum Gasteiger partial charge on any atom is 0.212 e. The summed E-state index contributed by atoms with van der Waals surface area (Å²) in [5, 5.41) is 0. The molecule has 4 aromatic heterocycles. The summed E-state index contributed by atoms with van der Waals surface area (Å²) in [6.07, 6.45) is 3.07. The molecule has 0 amide bonds. The molecule has 0 saturated heterocycles. The summed E-state index contributed by atoms with van der Waals surface area (Å²) in [6.45, 7) is 14.2. The van der Waals surface area contributed by atoms with Gasteiger partial charge in [0.05, 0.1) is 0 Å². The van der Waals surface area contributed by atoms with E-state index in [1.807, 2.05) is 13.0 Å². The summed E-state index contributed by atoms with van der Waals surface area (Å²) in [6, 6.07) is 26.5. The molecule has 0 aliphatic heterocycles. The predicted molar refractivity (Wildman–Crippen MR) is 334 cm³/mol. The monoisotopic (exact) mass is 1070 g/mol. The molecule has 4 heterocycles. The maximum absolute atomic E-state index is 8.67. The van der Waals surface area contributed by atoms with Gasteiger partial charge in [0.15, 0.2) is 24.8 Å². The molecule has 0 bridgehead atoms. The average molecular weight is 1070 g/mol. The van der Waals surface area contributed by atoms with E-state index in [2.05, 4.69) is 70.6 Å². The van der Waals surface area contributed by atoms with Gasteiger partial charge in [0.25, 0.3) is 0 Å². The molecule has 4 heteroatoms. The molecule has 8 rings (SSSR count). The minimum Gasteiger partial charge on any atom is -0.201 e. The molecule has 4 aromatic carbocycles. The van der Waals surface area contributed by atoms with Gasteiger partial charge in [-0.25, -0.2) is 18.3 Å². The zero-order valence-electron chi connectivity index (χ0n) is 72.8. The van der Waals surface area contributed by atoms with E-state index in [0.717, 1.165) is 39.1 Å². The second kappa shape index (κ2) is 26.4. The Hall–Kier alpha value is -6.52. The molecule has 0 N–H and O–H groups in total. The zero-order valence-corrected chi connectivity index (χ0v) is 49.8. The van der Waals surface area contributed by atoms with Crippen molar-refractivity contribution in [2.45, 2.75) is 164 Å². The van der Waals surface area contributed by atoms with Crippen LogP contribution in [0.15, 0.2) is 116 Å². The summed E-state index contributed by atoms with van der Waals surface area (Å²) in [7, 11) is 7.33. The Morgan fingerprint density at radius 3 is 1.27 bits per heavy atom. The Morgan fingerprint density at radius 2 is 0.833 bits per heavy atom. The minimum atomic E-state index is -2.47. The first-order valence-electron chi connectivity index (χ1n) is 38.0. The normalized spacial score (nSPS) is 17.7. The van der Waals surface area contributed by atoms with Crippen LogP contribution in [0.1, 0.15) is 180 Å². The van der Waals surface area contributed by atoms with Crippen LogP contribution >= 0.6 is 0 Å². The molecule has 4 nitrogen and oxygen atoms in total. The largest absolute Gasteiger partial charge is 0.212 e. The van der Waals surface area contributed by atoms with Gasteiger partial charge in [-0.1, -0.05) is 113 Å². The van der Waals surface area contributed by atoms with Crippen LogP contribution in [0.5, 0.6) is 0 Å². The van der Waals surface area contributed by atoms with E-state index in [0.29, 0.717) is 22.5 Å². The van der Waals surface area contributed by atoms with Gasteiger partial charge >= 0.3 is 0 Å². The lowest BCUT2D eigenvalue weighted by Crippen LogP contribution is -2.32. The molecular formula is C74H100N4+4. The highest BCUT2D eigenvalue weighted by molar-refractivity contribution is 5.66. The third-order valence-electron chi connectivity index (χ3n) is 13.7. The Kier molecular flexibility index (Phi) is 12.4. The average Bonchev–Trinajstić information content (AvgIpc) is 0.760. The highest BCUT2D eigenvalue weighted by Gasteiger charge is 2.22. The van der Waals surface area contributed by atoms with Gasteiger partial charge in [-0.2, -0.15) is 0 Å². The molecular weight excluding hydrogens is 945 g/mol. The fourth-order valence-electron chi connectivity index (χ4n) is 9.49. The minimum absolute atomic E-state index is 0.0192. The van der Waals surface area contributed by atoms with E-state index in [9.17, 15) is 0 Å². The van der Waals surface area contributed by atoms with Crippen LogP contribution in [0.2, 0.25) is 0 Å². The number of hydrogen-bond donors (Lipinski definition) is 0. The van der Waals surface area contributed by atoms with Crippen LogP contribution in [-0.4, -0.2) is 0 Å². The second-order valence-corrected chi connectivity index (χ2v) is 22.3. The molecule has 0 saturated carbocycles. The van der Waals surface area contributed by atoms with Crippen molar-refractivity contribution in [3.8, 4) is 45.0 Å². The van der Waals surface area contributed by atoms with Crippen LogP contribution < -0.4 is 18.3 Å². The van der Waals surface area contributed by atoms with Crippen molar-refractivity contribution in [3.05, 3.63) is 210 Å². The molecule has 8 aromatic rings. The number of benzene rings is 4. The number of nitrogens with zero attached hydrogens (tertiary/aromatic N) is 4. The van der Waals surface area contributed by atoms with E-state index in [1.165, 1.54) is 70.5 Å². The molecule has 78 heavy (non-hydrogen) atoms. The van der Waals surface area contributed by atoms with Crippen molar-refractivity contribution in [1.82, 2.24) is 0 Å². The number of pyridine rings is 4. The summed E-state index contributed by atoms with van der Waals surface area (Å²) < 4.78 is 188. The molecule has 0 radical (unpaired) electrons. The number of aryl methyl sites for hydroxylation is 17. The van der Waals surface area contributed by atoms with Crippen LogP contribution in [0.25, 0.3) is 45.0 Å². The molecule has 0 aliphatic carbocycles. The van der Waals surface area contributed by atoms with Crippen molar-refractivity contribution in [3.63, 3.8) is 0 Å². The highest BCUT2D eigenvalue weighted by Crippen LogP contribution is 2.30. The zero-order chi connectivity index (χ0) is 77.8. The van der Waals surface area contributed by atoms with Crippen molar-refractivity contribution in [1.29, 1.82) is 0 Å². The molecule has 1 unspecified atom stereocenters. The summed E-state index contributed by atoms with van der Waals surface area (Å²) in [5.41, 5.74) is 17.4. The van der Waals surface area contributed by atoms with E-state index >= 15 is 0 Å². The Morgan fingerprint density at radius 1 is 0.423 bits per heavy atom. The van der Waals surface area contributed by atoms with Crippen molar-refractivity contribution < 1.29 is 49.8 Å². The molecule has 0 fully saturated rings. The molecule has 412 valence electrons. The van der Waals surface area contributed by atoms with Crippen molar-refractivity contribution in [2.75, 3.05) is 0 Å². The van der Waals surface area contributed by atoms with Crippen LogP contribution in [0.3, 0.4) is 0 Å². The SMILES string of the molecule is Cc1cc(C)c(C)c(-c2cc(C)c(C)c[n+]2C)c1.[2H]C([2H])([2H])c1ccc(-c2cc(C([2H])([2H])C(C)(C)C)c(C([2H])([2H])[2H])c[n+]2C)c(C)c1.[2H]C([2H])([2H])c1ccc(-c2cc(C([2H])([2H])C(C)C)c(C([2H])([2H])[2H])c[n+]2C)c(C)c1.[2H]C([2H])([2H])c1ccc(-c2cc(C)c(C([2H])(C)C([2H])([2H])[2H])c[n+]2C)c(C)c1. The third-order valence-corrected chi connectivity index (χ3v) is 13.7. The molecule has 0 spiro atoms. The van der Waals surface area contributed by atoms with Crippen molar-refractivity contribution in [2.24, 2.45) is 39.5 Å². The van der Waals surface area contributed by atoms with Crippen LogP contribution in [0.4, 0.5) is 0 Å². The first-order chi connectivity index (χ1) is 45.5. The first-order valence-corrected chi connectivity index (χ1v) is 26.5. The Bertz CT molecular complexity index is 4340. The first kappa shape index (κ1) is 36.6. The van der Waals surface area contributed by atoms with E-state index in [1.54, 1.807) is 151 Å². The fourth-order valence-corrected chi connectivity index (χ4v) is 9.49. The molecule has 0 aliphatic rings. The molecule has 1 atom stereocenters. The number of hydrogen-bond acceptors (Lipinski definition) is 0. The topological polar surface area (TPSA) is 15.5 Å². The standard InChI is InChI=1S/C20H28N.C19H26N.C18H24N.C17H22N/c1-14-8-9-18(15(2)10-14)19-11-17(12-20(4,5)6)16(3)13-21(19)7;1-13(2)9-17-11-19(20(6)12-16(17)5)18-8-7-14(3)10-15(18)4;1-12(2)17-11-19(6)18(10-15(17)5)16-8-7-13(3)9-14(16)4;1-11-7-13(3)15(5)16(8-11)17-9-12(2)14(4)10-18(17)6/h8-11,13H,12H2,1-7H3;7-8,10-13H,9H2,1-6H3;7-12H,1-6H3;7-10H,1-6H3/q4*+1/i1D3,3D3,12D2;3D3,5D3,9D2;1D3,3D3,12D;. The lowest BCUT2D eigenvalue weighted by Gasteiger charge is -2.19. The fraction of sp³-hybridized carbons (Fsp3) is 0.405. The third kappa shape index (κ3) is 16.3. The maximum atomic E-state index is 8.67. The quantitative estimate of drug-likeness (QED) is 0.135. The van der Waals surface area contributed by atoms with Crippen LogP contribution in [0, 0.1) is 108 Å². The van der Waals surface area contributed by atoms with Gasteiger partial charge < -0.3 is 0 Å². The van der Waals surface area contributed by atoms with Gasteiger partial charge in [-0.05, 0) is 201 Å². The second-order valence-electron chi connectivity index (χ2n) is 22.3. The summed E-state index contributed by atoms with van der Waals surface area (Å²) >= 11 is 0. The number of aromatic nitrogens is 4. The Labute approximate surface area is 507 Å². The number of rotatable bonds is 8. The van der Waals surface area contributed by atoms with E-state index in [-0.39, 0.29) is 38.9 Å². The Balaban J connectivity index is 0.000000245. The van der Waals surface area contributed by atoms with Gasteiger partial charge in [-0.15, -0.1) is 0 Å². The van der Waals surface area contributed by atoms with Gasteiger partial charge in [0, 0.05) is 100 Å². The van der Waals surface area contributed by atoms with E-state index in [4.69, 9.17) is 31.5 Å². The van der Waals surface area contributed by atoms with E-state index < -0.39 is 71.1 Å².